The second-order valence-corrected chi connectivity index (χ2v) is 2.79. The summed E-state index contributed by atoms with van der Waals surface area (Å²) in [6, 6.07) is 0. The third kappa shape index (κ3) is 1.47. The fraction of sp³-hybridized carbons (Fsp3) is 0.300. The molecule has 0 bridgehead atoms. The van der Waals surface area contributed by atoms with Gasteiger partial charge in [0.25, 0.3) is 0 Å². The van der Waals surface area contributed by atoms with E-state index in [1.165, 1.54) is 17.6 Å². The van der Waals surface area contributed by atoms with Gasteiger partial charge in [0.2, 0.25) is 0 Å². The standard InChI is InChI=1S/C9H11N.CH3N/c10-9-6-5-7-3-1-2-4-8(7)9;1-2/h3-4,6H,1-2,5,10H2;2H,1H2. The zero-order valence-corrected chi connectivity index (χ0v) is 7.14. The van der Waals surface area contributed by atoms with E-state index in [-0.39, 0.29) is 0 Å². The van der Waals surface area contributed by atoms with Crippen molar-refractivity contribution in [1.82, 2.24) is 0 Å². The summed E-state index contributed by atoms with van der Waals surface area (Å²) in [5.74, 6) is 0. The van der Waals surface area contributed by atoms with E-state index in [9.17, 15) is 0 Å². The molecule has 3 N–H and O–H groups in total. The van der Waals surface area contributed by atoms with Crippen LogP contribution in [-0.4, -0.2) is 6.72 Å². The third-order valence-electron chi connectivity index (χ3n) is 2.10. The van der Waals surface area contributed by atoms with Gasteiger partial charge in [-0.1, -0.05) is 18.2 Å². The van der Waals surface area contributed by atoms with Crippen molar-refractivity contribution in [3.05, 3.63) is 35.1 Å². The van der Waals surface area contributed by atoms with E-state index in [1.807, 2.05) is 0 Å². The molecule has 0 aliphatic heterocycles. The lowest BCUT2D eigenvalue weighted by atomic mass is 9.99. The second-order valence-electron chi connectivity index (χ2n) is 2.79. The summed E-state index contributed by atoms with van der Waals surface area (Å²) >= 11 is 0. The quantitative estimate of drug-likeness (QED) is 0.527. The Morgan fingerprint density at radius 2 is 1.83 bits per heavy atom. The van der Waals surface area contributed by atoms with Crippen LogP contribution in [0.15, 0.2) is 35.1 Å². The predicted molar refractivity (Wildman–Crippen MR) is 52.1 cm³/mol. The van der Waals surface area contributed by atoms with Crippen molar-refractivity contribution in [1.29, 1.82) is 5.41 Å². The Balaban J connectivity index is 0.000000336. The Kier molecular flexibility index (Phi) is 2.86. The zero-order chi connectivity index (χ0) is 8.97. The molecule has 0 fully saturated rings. The summed E-state index contributed by atoms with van der Waals surface area (Å²) < 4.78 is 0. The molecule has 2 aliphatic rings. The lowest BCUT2D eigenvalue weighted by Crippen LogP contribution is -1.99. The van der Waals surface area contributed by atoms with Crippen LogP contribution in [0.5, 0.6) is 0 Å². The highest BCUT2D eigenvalue weighted by molar-refractivity contribution is 5.52. The average Bonchev–Trinajstić information content (AvgIpc) is 2.53. The number of nitrogens with two attached hydrogens (primary N) is 1. The van der Waals surface area contributed by atoms with Gasteiger partial charge in [0.15, 0.2) is 0 Å². The molecule has 0 saturated carbocycles. The van der Waals surface area contributed by atoms with Crippen LogP contribution in [0.1, 0.15) is 19.3 Å². The van der Waals surface area contributed by atoms with E-state index >= 15 is 0 Å². The van der Waals surface area contributed by atoms with Gasteiger partial charge in [-0.3, -0.25) is 0 Å². The zero-order valence-electron chi connectivity index (χ0n) is 7.14. The molecular formula is C10H14N2. The van der Waals surface area contributed by atoms with Gasteiger partial charge in [-0.15, -0.1) is 0 Å². The van der Waals surface area contributed by atoms with Crippen LogP contribution in [0.4, 0.5) is 0 Å². The molecule has 2 nitrogen and oxygen atoms in total. The molecule has 2 heteroatoms. The topological polar surface area (TPSA) is 49.9 Å². The summed E-state index contributed by atoms with van der Waals surface area (Å²) in [4.78, 5) is 0. The van der Waals surface area contributed by atoms with E-state index in [1.54, 1.807) is 0 Å². The highest BCUT2D eigenvalue weighted by Gasteiger charge is 2.15. The Morgan fingerprint density at radius 3 is 2.50 bits per heavy atom. The van der Waals surface area contributed by atoms with Crippen molar-refractivity contribution in [3.8, 4) is 0 Å². The molecule has 2 rings (SSSR count). The van der Waals surface area contributed by atoms with Gasteiger partial charge >= 0.3 is 0 Å². The summed E-state index contributed by atoms with van der Waals surface area (Å²) in [6.07, 6.45) is 10.0. The van der Waals surface area contributed by atoms with E-state index in [2.05, 4.69) is 24.9 Å². The fourth-order valence-corrected chi connectivity index (χ4v) is 1.55. The molecule has 0 aromatic rings. The normalized spacial score (nSPS) is 19.5. The summed E-state index contributed by atoms with van der Waals surface area (Å²) in [6.45, 7) is 2.50. The number of fused-ring (bicyclic) bond motifs is 1. The maximum Gasteiger partial charge on any atom is 0.0350 e. The fourth-order valence-electron chi connectivity index (χ4n) is 1.55. The van der Waals surface area contributed by atoms with Crippen molar-refractivity contribution < 1.29 is 0 Å². The monoisotopic (exact) mass is 162 g/mol. The number of rotatable bonds is 0. The maximum absolute atomic E-state index is 5.74. The van der Waals surface area contributed by atoms with E-state index in [4.69, 9.17) is 11.1 Å². The first kappa shape index (κ1) is 8.78. The van der Waals surface area contributed by atoms with Gasteiger partial charge < -0.3 is 11.1 Å². The number of nitrogens with one attached hydrogen (secondary N) is 1. The molecule has 64 valence electrons. The minimum atomic E-state index is 0.978. The lowest BCUT2D eigenvalue weighted by molar-refractivity contribution is 0.992. The molecule has 0 atom stereocenters. The van der Waals surface area contributed by atoms with Gasteiger partial charge in [0.1, 0.15) is 0 Å². The van der Waals surface area contributed by atoms with Crippen LogP contribution in [0.25, 0.3) is 0 Å². The van der Waals surface area contributed by atoms with Gasteiger partial charge in [-0.2, -0.15) is 0 Å². The van der Waals surface area contributed by atoms with Crippen molar-refractivity contribution in [2.24, 2.45) is 5.73 Å². The highest BCUT2D eigenvalue weighted by atomic mass is 14.6. The van der Waals surface area contributed by atoms with Crippen LogP contribution in [-0.2, 0) is 0 Å². The third-order valence-corrected chi connectivity index (χ3v) is 2.10. The van der Waals surface area contributed by atoms with Gasteiger partial charge in [-0.05, 0) is 37.1 Å². The first-order chi connectivity index (χ1) is 5.88. The average molecular weight is 162 g/mol. The van der Waals surface area contributed by atoms with Crippen LogP contribution in [0, 0.1) is 5.41 Å². The van der Waals surface area contributed by atoms with Crippen molar-refractivity contribution >= 4 is 6.72 Å². The number of hydrogen-bond donors (Lipinski definition) is 2. The Labute approximate surface area is 73.0 Å². The van der Waals surface area contributed by atoms with Crippen molar-refractivity contribution in [2.45, 2.75) is 19.3 Å². The molecular weight excluding hydrogens is 148 g/mol. The molecule has 0 spiro atoms. The number of allylic oxidation sites excluding steroid dienone is 4. The molecule has 0 amide bonds. The molecule has 0 aromatic carbocycles. The molecule has 0 aromatic heterocycles. The van der Waals surface area contributed by atoms with Crippen molar-refractivity contribution in [2.75, 3.05) is 0 Å². The first-order valence-corrected chi connectivity index (χ1v) is 4.09. The van der Waals surface area contributed by atoms with E-state index in [0.717, 1.165) is 18.5 Å². The van der Waals surface area contributed by atoms with Crippen LogP contribution in [0.2, 0.25) is 0 Å². The molecule has 0 radical (unpaired) electrons. The van der Waals surface area contributed by atoms with Gasteiger partial charge in [-0.25, -0.2) is 0 Å². The first-order valence-electron chi connectivity index (χ1n) is 4.09. The lowest BCUT2D eigenvalue weighted by Gasteiger charge is -2.07. The van der Waals surface area contributed by atoms with Crippen molar-refractivity contribution in [3.63, 3.8) is 0 Å². The van der Waals surface area contributed by atoms with E-state index in [0.29, 0.717) is 0 Å². The van der Waals surface area contributed by atoms with E-state index < -0.39 is 0 Å². The Bertz CT molecular complexity index is 259. The SMILES string of the molecule is C=N.NC1=CCC2=CCCC=C12. The van der Waals surface area contributed by atoms with Gasteiger partial charge in [0.05, 0.1) is 0 Å². The predicted octanol–water partition coefficient (Wildman–Crippen LogP) is 2.15. The Hall–Kier alpha value is -1.31. The highest BCUT2D eigenvalue weighted by Crippen LogP contribution is 2.31. The largest absolute Gasteiger partial charge is 0.398 e. The van der Waals surface area contributed by atoms with Crippen LogP contribution >= 0.6 is 0 Å². The Morgan fingerprint density at radius 1 is 1.17 bits per heavy atom. The molecule has 0 unspecified atom stereocenters. The smallest absolute Gasteiger partial charge is 0.0350 e. The van der Waals surface area contributed by atoms with Crippen LogP contribution < -0.4 is 5.73 Å². The summed E-state index contributed by atoms with van der Waals surface area (Å²) in [5.41, 5.74) is 9.45. The molecule has 12 heavy (non-hydrogen) atoms. The molecule has 0 heterocycles. The second kappa shape index (κ2) is 3.90. The minimum Gasteiger partial charge on any atom is -0.398 e. The summed E-state index contributed by atoms with van der Waals surface area (Å²) in [7, 11) is 0. The number of hydrogen-bond acceptors (Lipinski definition) is 2. The molecule has 2 aliphatic carbocycles. The minimum absolute atomic E-state index is 0.978. The van der Waals surface area contributed by atoms with Gasteiger partial charge in [0, 0.05) is 5.70 Å². The maximum atomic E-state index is 5.74. The molecule has 0 saturated heterocycles. The van der Waals surface area contributed by atoms with Crippen LogP contribution in [0.3, 0.4) is 0 Å². The summed E-state index contributed by atoms with van der Waals surface area (Å²) in [5, 5.41) is 5.50.